The monoisotopic (exact) mass is 477 g/mol. The molecule has 33 heavy (non-hydrogen) atoms. The molecule has 1 amide bonds. The number of rotatable bonds is 7. The Morgan fingerprint density at radius 2 is 1.76 bits per heavy atom. The first kappa shape index (κ1) is 23.3. The third-order valence-corrected chi connectivity index (χ3v) is 6.43. The van der Waals surface area contributed by atoms with Gasteiger partial charge < -0.3 is 4.74 Å². The molecule has 2 aromatic carbocycles. The van der Waals surface area contributed by atoms with E-state index in [4.69, 9.17) is 22.1 Å². The largest absolute Gasteiger partial charge is 0.493 e. The molecule has 0 aliphatic carbocycles. The number of hydrogen-bond acceptors (Lipinski definition) is 5. The summed E-state index contributed by atoms with van der Waals surface area (Å²) in [5, 5.41) is 4.86. The third-order valence-electron chi connectivity index (χ3n) is 5.10. The molecule has 4 rings (SSSR count). The predicted octanol–water partition coefficient (Wildman–Crippen LogP) is 6.18. The van der Waals surface area contributed by atoms with E-state index in [-0.39, 0.29) is 11.9 Å². The zero-order chi connectivity index (χ0) is 23.5. The lowest BCUT2D eigenvalue weighted by molar-refractivity contribution is -0.123. The minimum absolute atomic E-state index is 0.0216. The van der Waals surface area contributed by atoms with Gasteiger partial charge in [0.15, 0.2) is 0 Å². The molecule has 0 unspecified atom stereocenters. The van der Waals surface area contributed by atoms with Crippen molar-refractivity contribution in [1.29, 1.82) is 0 Å². The molecule has 5 nitrogen and oxygen atoms in total. The highest BCUT2D eigenvalue weighted by molar-refractivity contribution is 8.26. The highest BCUT2D eigenvalue weighted by atomic mass is 32.2. The van der Waals surface area contributed by atoms with E-state index in [1.165, 1.54) is 11.8 Å². The van der Waals surface area contributed by atoms with Gasteiger partial charge in [-0.1, -0.05) is 56.0 Å². The fraction of sp³-hybridized carbons (Fsp3) is 0.269. The topological polar surface area (TPSA) is 47.4 Å². The molecule has 1 fully saturated rings. The second-order valence-corrected chi connectivity index (χ2v) is 10.3. The maximum absolute atomic E-state index is 13.0. The Balaban J connectivity index is 1.73. The quantitative estimate of drug-likeness (QED) is 0.300. The standard InChI is InChI=1S/C26H27N3O2S2/c1-17(2)16-31-22-12-10-19(11-13-22)24-20(15-28(27-24)21-8-6-5-7-9-21)14-23-25(30)29(18(3)4)26(32)33-23/h5-15,17-18H,16H2,1-4H3/b23-14-. The van der Waals surface area contributed by atoms with Crippen LogP contribution in [0.15, 0.2) is 65.7 Å². The number of amides is 1. The lowest BCUT2D eigenvalue weighted by Gasteiger charge is -2.18. The molecular formula is C26H27N3O2S2. The maximum Gasteiger partial charge on any atom is 0.266 e. The third kappa shape index (κ3) is 5.20. The fourth-order valence-corrected chi connectivity index (χ4v) is 4.98. The smallest absolute Gasteiger partial charge is 0.266 e. The lowest BCUT2D eigenvalue weighted by Crippen LogP contribution is -2.34. The number of benzene rings is 2. The molecule has 0 radical (unpaired) electrons. The second-order valence-electron chi connectivity index (χ2n) is 8.59. The molecule has 0 bridgehead atoms. The lowest BCUT2D eigenvalue weighted by atomic mass is 10.1. The van der Waals surface area contributed by atoms with E-state index in [2.05, 4.69) is 13.8 Å². The van der Waals surface area contributed by atoms with Crippen molar-refractivity contribution in [3.63, 3.8) is 0 Å². The first-order valence-corrected chi connectivity index (χ1v) is 12.2. The SMILES string of the molecule is CC(C)COc1ccc(-c2nn(-c3ccccc3)cc2/C=C2\SC(=S)N(C(C)C)C2=O)cc1. The Bertz CT molecular complexity index is 1180. The van der Waals surface area contributed by atoms with E-state index in [1.54, 1.807) is 4.90 Å². The van der Waals surface area contributed by atoms with Crippen LogP contribution in [0.5, 0.6) is 5.75 Å². The highest BCUT2D eigenvalue weighted by Gasteiger charge is 2.34. The summed E-state index contributed by atoms with van der Waals surface area (Å²) in [4.78, 5) is 15.2. The number of hydrogen-bond donors (Lipinski definition) is 0. The average molecular weight is 478 g/mol. The summed E-state index contributed by atoms with van der Waals surface area (Å²) in [5.74, 6) is 1.23. The van der Waals surface area contributed by atoms with Crippen molar-refractivity contribution in [2.45, 2.75) is 33.7 Å². The molecule has 1 saturated heterocycles. The summed E-state index contributed by atoms with van der Waals surface area (Å²) in [7, 11) is 0. The molecule has 0 N–H and O–H groups in total. The number of carbonyl (C=O) groups excluding carboxylic acids is 1. The zero-order valence-electron chi connectivity index (χ0n) is 19.2. The van der Waals surface area contributed by atoms with E-state index in [9.17, 15) is 4.79 Å². The van der Waals surface area contributed by atoms with Crippen LogP contribution in [0.3, 0.4) is 0 Å². The van der Waals surface area contributed by atoms with Crippen molar-refractivity contribution >= 4 is 40.3 Å². The van der Waals surface area contributed by atoms with Gasteiger partial charge in [-0.3, -0.25) is 9.69 Å². The van der Waals surface area contributed by atoms with E-state index < -0.39 is 0 Å². The van der Waals surface area contributed by atoms with E-state index in [0.717, 1.165) is 28.3 Å². The normalized spacial score (nSPS) is 15.3. The molecule has 7 heteroatoms. The minimum atomic E-state index is -0.0594. The van der Waals surface area contributed by atoms with Crippen LogP contribution in [0, 0.1) is 5.92 Å². The van der Waals surface area contributed by atoms with Crippen LogP contribution < -0.4 is 4.74 Å². The van der Waals surface area contributed by atoms with Gasteiger partial charge in [0.1, 0.15) is 10.1 Å². The van der Waals surface area contributed by atoms with Crippen molar-refractivity contribution < 1.29 is 9.53 Å². The number of thiocarbonyl (C=S) groups is 1. The number of carbonyl (C=O) groups is 1. The van der Waals surface area contributed by atoms with Gasteiger partial charge in [0, 0.05) is 23.4 Å². The zero-order valence-corrected chi connectivity index (χ0v) is 20.8. The van der Waals surface area contributed by atoms with Crippen LogP contribution in [0.1, 0.15) is 33.3 Å². The molecule has 1 aliphatic rings. The fourth-order valence-electron chi connectivity index (χ4n) is 3.47. The average Bonchev–Trinajstić information content (AvgIpc) is 3.34. The van der Waals surface area contributed by atoms with Crippen LogP contribution >= 0.6 is 24.0 Å². The van der Waals surface area contributed by atoms with Gasteiger partial charge in [-0.25, -0.2) is 4.68 Å². The molecule has 3 aromatic rings. The van der Waals surface area contributed by atoms with Crippen LogP contribution in [-0.4, -0.2) is 37.6 Å². The molecule has 0 saturated carbocycles. The summed E-state index contributed by atoms with van der Waals surface area (Å²) >= 11 is 6.78. The van der Waals surface area contributed by atoms with Crippen molar-refractivity contribution in [2.75, 3.05) is 6.61 Å². The summed E-state index contributed by atoms with van der Waals surface area (Å²) in [5.41, 5.74) is 3.56. The number of aromatic nitrogens is 2. The molecule has 0 atom stereocenters. The predicted molar refractivity (Wildman–Crippen MR) is 139 cm³/mol. The first-order valence-electron chi connectivity index (χ1n) is 11.0. The highest BCUT2D eigenvalue weighted by Crippen LogP contribution is 2.36. The van der Waals surface area contributed by atoms with Gasteiger partial charge in [0.25, 0.3) is 5.91 Å². The van der Waals surface area contributed by atoms with Crippen molar-refractivity contribution in [3.05, 3.63) is 71.3 Å². The number of nitrogens with zero attached hydrogens (tertiary/aromatic N) is 3. The van der Waals surface area contributed by atoms with E-state index >= 15 is 0 Å². The van der Waals surface area contributed by atoms with Gasteiger partial charge >= 0.3 is 0 Å². The summed E-state index contributed by atoms with van der Waals surface area (Å²) < 4.78 is 8.25. The van der Waals surface area contributed by atoms with Crippen LogP contribution in [0.25, 0.3) is 23.0 Å². The Morgan fingerprint density at radius 3 is 2.36 bits per heavy atom. The summed E-state index contributed by atoms with van der Waals surface area (Å²) in [6.07, 6.45) is 3.85. The van der Waals surface area contributed by atoms with Crippen molar-refractivity contribution in [1.82, 2.24) is 14.7 Å². The minimum Gasteiger partial charge on any atom is -0.493 e. The van der Waals surface area contributed by atoms with Crippen molar-refractivity contribution in [3.8, 4) is 22.7 Å². The Hall–Kier alpha value is -2.90. The Labute approximate surface area is 204 Å². The summed E-state index contributed by atoms with van der Waals surface area (Å²) in [6, 6.07) is 17.9. The van der Waals surface area contributed by atoms with E-state index in [0.29, 0.717) is 21.8 Å². The molecular weight excluding hydrogens is 450 g/mol. The van der Waals surface area contributed by atoms with Gasteiger partial charge in [-0.15, -0.1) is 0 Å². The molecule has 170 valence electrons. The van der Waals surface area contributed by atoms with Crippen LogP contribution in [0.2, 0.25) is 0 Å². The maximum atomic E-state index is 13.0. The van der Waals surface area contributed by atoms with Crippen LogP contribution in [0.4, 0.5) is 0 Å². The molecule has 1 aromatic heterocycles. The van der Waals surface area contributed by atoms with Gasteiger partial charge in [0.05, 0.1) is 22.9 Å². The summed E-state index contributed by atoms with van der Waals surface area (Å²) in [6.45, 7) is 8.85. The Kier molecular flexibility index (Phi) is 7.00. The number of thioether (sulfide) groups is 1. The molecule has 2 heterocycles. The second kappa shape index (κ2) is 9.93. The van der Waals surface area contributed by atoms with E-state index in [1.807, 2.05) is 85.4 Å². The van der Waals surface area contributed by atoms with Gasteiger partial charge in [0.2, 0.25) is 0 Å². The van der Waals surface area contributed by atoms with Crippen LogP contribution in [-0.2, 0) is 4.79 Å². The van der Waals surface area contributed by atoms with Gasteiger partial charge in [-0.2, -0.15) is 5.10 Å². The molecule has 1 aliphatic heterocycles. The molecule has 0 spiro atoms. The first-order chi connectivity index (χ1) is 15.8. The van der Waals surface area contributed by atoms with Crippen molar-refractivity contribution in [2.24, 2.45) is 5.92 Å². The number of ether oxygens (including phenoxy) is 1. The van der Waals surface area contributed by atoms with Gasteiger partial charge in [-0.05, 0) is 62.2 Å². The Morgan fingerprint density at radius 1 is 1.06 bits per heavy atom. The number of para-hydroxylation sites is 1.